The first-order valence-corrected chi connectivity index (χ1v) is 7.35. The van der Waals surface area contributed by atoms with Gasteiger partial charge in [-0.05, 0) is 12.1 Å². The summed E-state index contributed by atoms with van der Waals surface area (Å²) in [4.78, 5) is 26.5. The zero-order chi connectivity index (χ0) is 15.7. The molecule has 1 aromatic heterocycles. The second-order valence-corrected chi connectivity index (χ2v) is 5.70. The molecular weight excluding hydrogens is 304 g/mol. The first kappa shape index (κ1) is 14.3. The second-order valence-electron chi connectivity index (χ2n) is 4.70. The number of aromatic hydroxyl groups is 1. The molecule has 0 aliphatic carbocycles. The Kier molecular flexibility index (Phi) is 3.64. The van der Waals surface area contributed by atoms with E-state index in [1.807, 2.05) is 24.3 Å². The molecule has 0 saturated heterocycles. The summed E-state index contributed by atoms with van der Waals surface area (Å²) in [6.07, 6.45) is 3.01. The molecule has 1 aliphatic rings. The molecule has 0 unspecified atom stereocenters. The van der Waals surface area contributed by atoms with Gasteiger partial charge in [-0.2, -0.15) is 0 Å². The van der Waals surface area contributed by atoms with Gasteiger partial charge < -0.3 is 15.0 Å². The average Bonchev–Trinajstić information content (AvgIpc) is 3.00. The molecule has 3 rings (SSSR count). The molecule has 0 spiro atoms. The Hall–Kier alpha value is -2.67. The van der Waals surface area contributed by atoms with E-state index in [0.717, 1.165) is 32.7 Å². The normalized spacial score (nSPS) is 14.5. The number of fused-ring (bicyclic) bond motifs is 1. The standard InChI is InChI=1S/C15H12N2O4S/c18-13(19)5-6-17-14(20)12(22-15(17)21)7-9-8-16-11-4-2-1-3-10(9)11/h1-4,7-8,20H,5-6H2,(H,18,19)/p-1/b9-7+. The fourth-order valence-electron chi connectivity index (χ4n) is 2.20. The van der Waals surface area contributed by atoms with Gasteiger partial charge >= 0.3 is 4.87 Å². The lowest BCUT2D eigenvalue weighted by Crippen LogP contribution is -2.25. The van der Waals surface area contributed by atoms with Gasteiger partial charge in [0.25, 0.3) is 0 Å². The molecule has 112 valence electrons. The van der Waals surface area contributed by atoms with Crippen LogP contribution in [0.1, 0.15) is 16.9 Å². The Morgan fingerprint density at radius 2 is 2.18 bits per heavy atom. The van der Waals surface area contributed by atoms with Crippen molar-refractivity contribution in [2.45, 2.75) is 13.0 Å². The lowest BCUT2D eigenvalue weighted by atomic mass is 10.1. The van der Waals surface area contributed by atoms with Gasteiger partial charge in [0.2, 0.25) is 5.88 Å². The van der Waals surface area contributed by atoms with E-state index in [-0.39, 0.29) is 18.8 Å². The number of carbonyl (C=O) groups is 1. The van der Waals surface area contributed by atoms with Crippen LogP contribution in [0, 0.1) is 0 Å². The summed E-state index contributed by atoms with van der Waals surface area (Å²) in [5.41, 5.74) is 2.54. The van der Waals surface area contributed by atoms with E-state index in [1.54, 1.807) is 12.3 Å². The number of rotatable bonds is 4. The predicted molar refractivity (Wildman–Crippen MR) is 82.3 cm³/mol. The summed E-state index contributed by atoms with van der Waals surface area (Å²) in [6, 6.07) is 7.54. The fourth-order valence-corrected chi connectivity index (χ4v) is 3.07. The van der Waals surface area contributed by atoms with Crippen LogP contribution in [0.5, 0.6) is 5.88 Å². The van der Waals surface area contributed by atoms with Crippen molar-refractivity contribution in [2.75, 3.05) is 0 Å². The van der Waals surface area contributed by atoms with Gasteiger partial charge in [0, 0.05) is 36.3 Å². The summed E-state index contributed by atoms with van der Waals surface area (Å²) >= 11 is 0.860. The highest BCUT2D eigenvalue weighted by Gasteiger charge is 2.16. The highest BCUT2D eigenvalue weighted by Crippen LogP contribution is 2.34. The van der Waals surface area contributed by atoms with Crippen LogP contribution in [0.3, 0.4) is 0 Å². The third-order valence-electron chi connectivity index (χ3n) is 3.28. The number of allylic oxidation sites excluding steroid dienone is 1. The van der Waals surface area contributed by atoms with Gasteiger partial charge in [0.1, 0.15) is 0 Å². The molecule has 0 fully saturated rings. The Balaban J connectivity index is 1.96. The van der Waals surface area contributed by atoms with E-state index in [1.165, 1.54) is 0 Å². The zero-order valence-electron chi connectivity index (χ0n) is 11.4. The molecule has 1 aromatic carbocycles. The molecule has 2 aromatic rings. The number of carbonyl (C=O) groups excluding carboxylic acids is 1. The van der Waals surface area contributed by atoms with Crippen LogP contribution in [-0.4, -0.2) is 21.9 Å². The minimum atomic E-state index is -1.27. The second kappa shape index (κ2) is 5.61. The topological polar surface area (TPSA) is 94.7 Å². The number of thiazole rings is 1. The minimum absolute atomic E-state index is 0.114. The number of aliphatic carboxylic acids is 1. The van der Waals surface area contributed by atoms with Gasteiger partial charge in [0.05, 0.1) is 10.6 Å². The lowest BCUT2D eigenvalue weighted by molar-refractivity contribution is -0.305. The number of aromatic nitrogens is 1. The van der Waals surface area contributed by atoms with Crippen LogP contribution in [-0.2, 0) is 11.3 Å². The number of benzene rings is 1. The van der Waals surface area contributed by atoms with E-state index in [4.69, 9.17) is 0 Å². The minimum Gasteiger partial charge on any atom is -0.550 e. The maximum Gasteiger partial charge on any atom is 0.310 e. The smallest absolute Gasteiger partial charge is 0.310 e. The summed E-state index contributed by atoms with van der Waals surface area (Å²) < 4.78 is 1.03. The third-order valence-corrected chi connectivity index (χ3v) is 4.19. The maximum atomic E-state index is 11.8. The quantitative estimate of drug-likeness (QED) is 0.911. The summed E-state index contributed by atoms with van der Waals surface area (Å²) in [6.45, 7) is -0.114. The zero-order valence-corrected chi connectivity index (χ0v) is 12.2. The highest BCUT2D eigenvalue weighted by atomic mass is 32.1. The number of carboxylic acid groups (broad SMARTS) is 1. The number of para-hydroxylation sites is 1. The molecule has 22 heavy (non-hydrogen) atoms. The van der Waals surface area contributed by atoms with Crippen LogP contribution in [0.25, 0.3) is 11.6 Å². The monoisotopic (exact) mass is 315 g/mol. The summed E-state index contributed by atoms with van der Waals surface area (Å²) in [5.74, 6) is -1.50. The van der Waals surface area contributed by atoms with Gasteiger partial charge in [-0.15, -0.1) is 0 Å². The van der Waals surface area contributed by atoms with Gasteiger partial charge in [0.15, 0.2) is 0 Å². The Bertz CT molecular complexity index is 861. The number of hydrogen-bond donors (Lipinski definition) is 1. The lowest BCUT2D eigenvalue weighted by Gasteiger charge is -2.04. The van der Waals surface area contributed by atoms with Crippen molar-refractivity contribution in [1.82, 2.24) is 4.57 Å². The Morgan fingerprint density at radius 3 is 2.95 bits per heavy atom. The van der Waals surface area contributed by atoms with Gasteiger partial charge in [-0.3, -0.25) is 14.4 Å². The largest absolute Gasteiger partial charge is 0.550 e. The molecule has 0 bridgehead atoms. The predicted octanol–water partition coefficient (Wildman–Crippen LogP) is 1.01. The Morgan fingerprint density at radius 1 is 1.41 bits per heavy atom. The molecular formula is C15H11N2O4S-. The van der Waals surface area contributed by atoms with Crippen molar-refractivity contribution >= 4 is 40.9 Å². The molecule has 0 radical (unpaired) electrons. The van der Waals surface area contributed by atoms with Crippen molar-refractivity contribution in [3.63, 3.8) is 0 Å². The van der Waals surface area contributed by atoms with E-state index >= 15 is 0 Å². The van der Waals surface area contributed by atoms with Gasteiger partial charge in [-0.25, -0.2) is 0 Å². The first-order valence-electron chi connectivity index (χ1n) is 6.54. The fraction of sp³-hybridized carbons (Fsp3) is 0.133. The van der Waals surface area contributed by atoms with Gasteiger partial charge in [-0.1, -0.05) is 29.5 Å². The van der Waals surface area contributed by atoms with Crippen molar-refractivity contribution < 1.29 is 15.0 Å². The molecule has 1 N–H and O–H groups in total. The molecule has 6 nitrogen and oxygen atoms in total. The van der Waals surface area contributed by atoms with E-state index in [0.29, 0.717) is 4.88 Å². The van der Waals surface area contributed by atoms with Crippen LogP contribution < -0.4 is 9.98 Å². The van der Waals surface area contributed by atoms with Crippen molar-refractivity contribution in [1.29, 1.82) is 0 Å². The average molecular weight is 315 g/mol. The summed E-state index contributed by atoms with van der Waals surface area (Å²) in [7, 11) is 0. The van der Waals surface area contributed by atoms with E-state index in [2.05, 4.69) is 4.99 Å². The number of carboxylic acids is 1. The third kappa shape index (κ3) is 2.58. The van der Waals surface area contributed by atoms with Crippen LogP contribution in [0.4, 0.5) is 5.69 Å². The number of nitrogens with zero attached hydrogens (tertiary/aromatic N) is 2. The molecule has 0 atom stereocenters. The first-order chi connectivity index (χ1) is 10.6. The van der Waals surface area contributed by atoms with Crippen molar-refractivity contribution in [3.05, 3.63) is 44.4 Å². The number of aliphatic imine (C=N–C) groups is 1. The van der Waals surface area contributed by atoms with Crippen LogP contribution in [0.2, 0.25) is 0 Å². The maximum absolute atomic E-state index is 11.8. The highest BCUT2D eigenvalue weighted by molar-refractivity contribution is 7.10. The van der Waals surface area contributed by atoms with Crippen molar-refractivity contribution in [3.8, 4) is 5.88 Å². The molecule has 0 amide bonds. The summed E-state index contributed by atoms with van der Waals surface area (Å²) in [5, 5.41) is 20.6. The molecule has 0 saturated carbocycles. The van der Waals surface area contributed by atoms with E-state index in [9.17, 15) is 19.8 Å². The number of hydrogen-bond acceptors (Lipinski definition) is 6. The van der Waals surface area contributed by atoms with Crippen LogP contribution in [0.15, 0.2) is 34.1 Å². The SMILES string of the molecule is O=C([O-])CCn1c(O)c(/C=C2\C=Nc3ccccc32)sc1=O. The van der Waals surface area contributed by atoms with Crippen LogP contribution >= 0.6 is 11.3 Å². The Labute approximate surface area is 129 Å². The van der Waals surface area contributed by atoms with Crippen molar-refractivity contribution in [2.24, 2.45) is 4.99 Å². The molecule has 2 heterocycles. The molecule has 1 aliphatic heterocycles. The molecule has 7 heteroatoms. The van der Waals surface area contributed by atoms with E-state index < -0.39 is 10.8 Å².